The molecule has 180 valence electrons. The predicted octanol–water partition coefficient (Wildman–Crippen LogP) is 4.30. The number of aryl methyl sites for hydroxylation is 1. The molecule has 2 aromatic rings. The van der Waals surface area contributed by atoms with E-state index in [1.165, 1.54) is 11.8 Å². The van der Waals surface area contributed by atoms with Crippen LogP contribution < -0.4 is 10.5 Å². The highest BCUT2D eigenvalue weighted by atomic mass is 32.2. The fourth-order valence-electron chi connectivity index (χ4n) is 3.77. The van der Waals surface area contributed by atoms with E-state index in [0.717, 1.165) is 16.8 Å². The first-order valence-corrected chi connectivity index (χ1v) is 11.9. The van der Waals surface area contributed by atoms with Crippen molar-refractivity contribution in [1.82, 2.24) is 4.98 Å². The molecule has 2 N–H and O–H groups in total. The van der Waals surface area contributed by atoms with Gasteiger partial charge in [0.1, 0.15) is 34.2 Å². The van der Waals surface area contributed by atoms with E-state index >= 15 is 0 Å². The van der Waals surface area contributed by atoms with Crippen molar-refractivity contribution in [3.05, 3.63) is 75.0 Å². The third kappa shape index (κ3) is 5.11. The van der Waals surface area contributed by atoms with E-state index in [4.69, 9.17) is 19.9 Å². The standard InChI is InChI=1S/C26H26N4O4S/c1-6-33-26(31)23-21(13-35-25-19(11-27)15(3)14(2)16(4)30-25)34-24(29)20(12-28)22(23)17-7-9-18(32-5)10-8-17/h7-10,22H,6,13,29H2,1-5H3. The SMILES string of the molecule is CCOC(=O)C1=C(CSc2nc(C)c(C)c(C)c2C#N)OC(N)=C(C#N)C1c1ccc(OC)cc1. The van der Waals surface area contributed by atoms with E-state index in [1.54, 1.807) is 38.3 Å². The van der Waals surface area contributed by atoms with Crippen LogP contribution in [0.4, 0.5) is 0 Å². The number of esters is 1. The molecule has 8 nitrogen and oxygen atoms in total. The Morgan fingerprint density at radius 3 is 2.43 bits per heavy atom. The van der Waals surface area contributed by atoms with Gasteiger partial charge in [0.15, 0.2) is 0 Å². The summed E-state index contributed by atoms with van der Waals surface area (Å²) in [5.41, 5.74) is 10.2. The number of carbonyl (C=O) groups is 1. The normalized spacial score (nSPS) is 15.2. The van der Waals surface area contributed by atoms with Crippen LogP contribution in [0.5, 0.6) is 5.75 Å². The summed E-state index contributed by atoms with van der Waals surface area (Å²) in [6, 6.07) is 11.3. The lowest BCUT2D eigenvalue weighted by Gasteiger charge is -2.28. The van der Waals surface area contributed by atoms with Crippen molar-refractivity contribution in [2.24, 2.45) is 5.73 Å². The highest BCUT2D eigenvalue weighted by Gasteiger charge is 2.37. The quantitative estimate of drug-likeness (QED) is 0.445. The zero-order valence-corrected chi connectivity index (χ0v) is 21.1. The lowest BCUT2D eigenvalue weighted by atomic mass is 9.83. The van der Waals surface area contributed by atoms with Crippen LogP contribution in [0.2, 0.25) is 0 Å². The number of carbonyl (C=O) groups excluding carboxylic acids is 1. The summed E-state index contributed by atoms with van der Waals surface area (Å²) in [7, 11) is 1.55. The van der Waals surface area contributed by atoms with E-state index < -0.39 is 11.9 Å². The summed E-state index contributed by atoms with van der Waals surface area (Å²) in [5.74, 6) is -0.417. The number of ether oxygens (including phenoxy) is 3. The summed E-state index contributed by atoms with van der Waals surface area (Å²) in [6.07, 6.45) is 0. The Bertz CT molecular complexity index is 1300. The van der Waals surface area contributed by atoms with Crippen molar-refractivity contribution in [2.75, 3.05) is 19.5 Å². The second kappa shape index (κ2) is 11.0. The number of methoxy groups -OCH3 is 1. The average molecular weight is 491 g/mol. The van der Waals surface area contributed by atoms with Gasteiger partial charge in [-0.05, 0) is 56.5 Å². The maximum atomic E-state index is 13.1. The number of rotatable bonds is 7. The summed E-state index contributed by atoms with van der Waals surface area (Å²) in [6.45, 7) is 7.54. The number of thioether (sulfide) groups is 1. The van der Waals surface area contributed by atoms with Gasteiger partial charge in [-0.15, -0.1) is 0 Å². The third-order valence-electron chi connectivity index (χ3n) is 5.86. The Labute approximate surface area is 209 Å². The highest BCUT2D eigenvalue weighted by molar-refractivity contribution is 7.99. The van der Waals surface area contributed by atoms with Crippen LogP contribution in [-0.4, -0.2) is 30.4 Å². The minimum absolute atomic E-state index is 0.0818. The topological polar surface area (TPSA) is 131 Å². The molecule has 0 saturated carbocycles. The van der Waals surface area contributed by atoms with E-state index in [0.29, 0.717) is 21.9 Å². The van der Waals surface area contributed by atoms with Crippen LogP contribution in [0.15, 0.2) is 52.1 Å². The fourth-order valence-corrected chi connectivity index (χ4v) is 4.80. The maximum absolute atomic E-state index is 13.1. The molecule has 1 aromatic carbocycles. The zero-order valence-electron chi connectivity index (χ0n) is 20.3. The lowest BCUT2D eigenvalue weighted by molar-refractivity contribution is -0.139. The number of pyridine rings is 1. The van der Waals surface area contributed by atoms with Crippen molar-refractivity contribution in [2.45, 2.75) is 38.6 Å². The second-order valence-electron chi connectivity index (χ2n) is 7.78. The van der Waals surface area contributed by atoms with E-state index in [-0.39, 0.29) is 35.1 Å². The van der Waals surface area contributed by atoms with Crippen LogP contribution in [-0.2, 0) is 14.3 Å². The third-order valence-corrected chi connectivity index (χ3v) is 6.83. The van der Waals surface area contributed by atoms with Crippen LogP contribution in [0.25, 0.3) is 0 Å². The molecule has 1 aliphatic rings. The van der Waals surface area contributed by atoms with Crippen molar-refractivity contribution in [1.29, 1.82) is 10.5 Å². The molecular weight excluding hydrogens is 464 g/mol. The molecule has 2 heterocycles. The molecule has 0 fully saturated rings. The fraction of sp³-hybridized carbons (Fsp3) is 0.308. The predicted molar refractivity (Wildman–Crippen MR) is 131 cm³/mol. The smallest absolute Gasteiger partial charge is 0.338 e. The Hall–Kier alpha value is -3.95. The van der Waals surface area contributed by atoms with Gasteiger partial charge in [0.05, 0.1) is 36.5 Å². The van der Waals surface area contributed by atoms with Gasteiger partial charge >= 0.3 is 5.97 Å². The molecule has 1 aliphatic heterocycles. The van der Waals surface area contributed by atoms with Crippen LogP contribution in [0.1, 0.15) is 40.8 Å². The molecule has 1 atom stereocenters. The summed E-state index contributed by atoms with van der Waals surface area (Å²) in [5, 5.41) is 20.1. The Morgan fingerprint density at radius 2 is 1.86 bits per heavy atom. The van der Waals surface area contributed by atoms with Crippen LogP contribution in [0, 0.1) is 43.4 Å². The van der Waals surface area contributed by atoms with Crippen LogP contribution >= 0.6 is 11.8 Å². The summed E-state index contributed by atoms with van der Waals surface area (Å²) in [4.78, 5) is 17.7. The van der Waals surface area contributed by atoms with Crippen LogP contribution in [0.3, 0.4) is 0 Å². The average Bonchev–Trinajstić information content (AvgIpc) is 2.85. The number of nitrogens with two attached hydrogens (primary N) is 1. The molecule has 0 radical (unpaired) electrons. The minimum atomic E-state index is -0.779. The van der Waals surface area contributed by atoms with Gasteiger partial charge in [-0.25, -0.2) is 9.78 Å². The van der Waals surface area contributed by atoms with Gasteiger partial charge in [0.2, 0.25) is 5.88 Å². The number of hydrogen-bond acceptors (Lipinski definition) is 9. The van der Waals surface area contributed by atoms with Gasteiger partial charge in [0.25, 0.3) is 0 Å². The number of nitriles is 2. The van der Waals surface area contributed by atoms with E-state index in [1.807, 2.05) is 20.8 Å². The summed E-state index contributed by atoms with van der Waals surface area (Å²) >= 11 is 1.26. The van der Waals surface area contributed by atoms with E-state index in [9.17, 15) is 15.3 Å². The van der Waals surface area contributed by atoms with Crippen molar-refractivity contribution in [3.8, 4) is 17.9 Å². The first-order valence-electron chi connectivity index (χ1n) is 10.9. The minimum Gasteiger partial charge on any atom is -0.497 e. The molecule has 0 saturated heterocycles. The molecule has 1 unspecified atom stereocenters. The van der Waals surface area contributed by atoms with E-state index in [2.05, 4.69) is 17.1 Å². The lowest BCUT2D eigenvalue weighted by Crippen LogP contribution is -2.27. The molecule has 1 aromatic heterocycles. The van der Waals surface area contributed by atoms with Crippen molar-refractivity contribution >= 4 is 17.7 Å². The number of nitrogens with zero attached hydrogens (tertiary/aromatic N) is 3. The zero-order chi connectivity index (χ0) is 25.7. The number of benzene rings is 1. The number of aromatic nitrogens is 1. The Balaban J connectivity index is 2.12. The largest absolute Gasteiger partial charge is 0.497 e. The molecule has 0 aliphatic carbocycles. The second-order valence-corrected chi connectivity index (χ2v) is 8.75. The Kier molecular flexibility index (Phi) is 8.06. The van der Waals surface area contributed by atoms with Gasteiger partial charge < -0.3 is 19.9 Å². The number of allylic oxidation sites excluding steroid dienone is 1. The molecule has 0 bridgehead atoms. The molecule has 3 rings (SSSR count). The first-order chi connectivity index (χ1) is 16.8. The number of hydrogen-bond donors (Lipinski definition) is 1. The molecule has 35 heavy (non-hydrogen) atoms. The molecule has 0 spiro atoms. The molecule has 0 amide bonds. The van der Waals surface area contributed by atoms with Crippen molar-refractivity contribution in [3.63, 3.8) is 0 Å². The highest BCUT2D eigenvalue weighted by Crippen LogP contribution is 2.41. The van der Waals surface area contributed by atoms with Gasteiger partial charge in [-0.2, -0.15) is 10.5 Å². The van der Waals surface area contributed by atoms with Gasteiger partial charge in [0, 0.05) is 5.69 Å². The maximum Gasteiger partial charge on any atom is 0.338 e. The first kappa shape index (κ1) is 25.7. The summed E-state index contributed by atoms with van der Waals surface area (Å²) < 4.78 is 16.4. The van der Waals surface area contributed by atoms with Gasteiger partial charge in [-0.3, -0.25) is 0 Å². The molecule has 9 heteroatoms. The monoisotopic (exact) mass is 490 g/mol. The Morgan fingerprint density at radius 1 is 1.17 bits per heavy atom. The van der Waals surface area contributed by atoms with Gasteiger partial charge in [-0.1, -0.05) is 23.9 Å². The van der Waals surface area contributed by atoms with Crippen molar-refractivity contribution < 1.29 is 19.0 Å². The molecular formula is C26H26N4O4S.